The number of benzene rings is 2. The van der Waals surface area contributed by atoms with Crippen LogP contribution in [0.2, 0.25) is 0 Å². The van der Waals surface area contributed by atoms with Crippen molar-refractivity contribution >= 4 is 5.69 Å². The van der Waals surface area contributed by atoms with Crippen molar-refractivity contribution in [3.05, 3.63) is 65.7 Å². The van der Waals surface area contributed by atoms with Gasteiger partial charge in [0, 0.05) is 31.4 Å². The molecule has 3 rings (SSSR count). The van der Waals surface area contributed by atoms with Crippen molar-refractivity contribution in [2.75, 3.05) is 24.5 Å². The van der Waals surface area contributed by atoms with Gasteiger partial charge in [-0.3, -0.25) is 0 Å². The number of nitrogens with zero attached hydrogens (tertiary/aromatic N) is 1. The molecule has 1 aliphatic heterocycles. The number of nitrogens with one attached hydrogen (secondary N) is 1. The first-order valence-electron chi connectivity index (χ1n) is 7.43. The quantitative estimate of drug-likeness (QED) is 0.918. The highest BCUT2D eigenvalue weighted by molar-refractivity contribution is 5.55. The van der Waals surface area contributed by atoms with Gasteiger partial charge in [-0.2, -0.15) is 0 Å². The molecule has 0 amide bonds. The Morgan fingerprint density at radius 1 is 1.05 bits per heavy atom. The van der Waals surface area contributed by atoms with Crippen LogP contribution in [0, 0.1) is 0 Å². The lowest BCUT2D eigenvalue weighted by Gasteiger charge is -2.35. The fourth-order valence-electron chi connectivity index (χ4n) is 2.94. The number of anilines is 1. The van der Waals surface area contributed by atoms with Crippen molar-refractivity contribution in [2.24, 2.45) is 0 Å². The summed E-state index contributed by atoms with van der Waals surface area (Å²) < 4.78 is 0. The zero-order chi connectivity index (χ0) is 13.8. The Morgan fingerprint density at radius 3 is 2.60 bits per heavy atom. The molecule has 0 spiro atoms. The van der Waals surface area contributed by atoms with E-state index in [0.717, 1.165) is 26.1 Å². The van der Waals surface area contributed by atoms with Gasteiger partial charge in [0.05, 0.1) is 0 Å². The largest absolute Gasteiger partial charge is 0.368 e. The van der Waals surface area contributed by atoms with Gasteiger partial charge in [-0.15, -0.1) is 0 Å². The number of hydrogen-bond donors (Lipinski definition) is 1. The Morgan fingerprint density at radius 2 is 1.80 bits per heavy atom. The Labute approximate surface area is 121 Å². The van der Waals surface area contributed by atoms with Crippen LogP contribution >= 0.6 is 0 Å². The summed E-state index contributed by atoms with van der Waals surface area (Å²) in [5.74, 6) is 0. The summed E-state index contributed by atoms with van der Waals surface area (Å²) in [4.78, 5) is 2.51. The molecule has 0 bridgehead atoms. The third-order valence-corrected chi connectivity index (χ3v) is 3.94. The monoisotopic (exact) mass is 266 g/mol. The lowest BCUT2D eigenvalue weighted by Crippen LogP contribution is -2.49. The molecule has 2 aromatic rings. The fourth-order valence-corrected chi connectivity index (χ4v) is 2.94. The van der Waals surface area contributed by atoms with Crippen LogP contribution in [0.3, 0.4) is 0 Å². The summed E-state index contributed by atoms with van der Waals surface area (Å²) >= 11 is 0. The number of rotatable bonds is 3. The maximum atomic E-state index is 3.51. The SMILES string of the molecule is CC1CN(c2ccccc2Cc2ccccc2)CCN1. The van der Waals surface area contributed by atoms with Gasteiger partial charge in [0.1, 0.15) is 0 Å². The third kappa shape index (κ3) is 3.02. The minimum absolute atomic E-state index is 0.563. The van der Waals surface area contributed by atoms with Gasteiger partial charge >= 0.3 is 0 Å². The van der Waals surface area contributed by atoms with Gasteiger partial charge < -0.3 is 10.2 Å². The molecule has 0 radical (unpaired) electrons. The van der Waals surface area contributed by atoms with Gasteiger partial charge in [-0.05, 0) is 30.5 Å². The highest BCUT2D eigenvalue weighted by atomic mass is 15.2. The summed E-state index contributed by atoms with van der Waals surface area (Å²) in [5.41, 5.74) is 4.20. The molecular formula is C18H22N2. The van der Waals surface area contributed by atoms with Gasteiger partial charge in [-0.1, -0.05) is 48.5 Å². The van der Waals surface area contributed by atoms with E-state index >= 15 is 0 Å². The Balaban J connectivity index is 1.84. The predicted molar refractivity (Wildman–Crippen MR) is 85.4 cm³/mol. The Kier molecular flexibility index (Phi) is 4.03. The average Bonchev–Trinajstić information content (AvgIpc) is 2.49. The molecule has 1 aliphatic rings. The van der Waals surface area contributed by atoms with Crippen LogP contribution in [0.4, 0.5) is 5.69 Å². The molecule has 1 atom stereocenters. The second-order valence-electron chi connectivity index (χ2n) is 5.59. The lowest BCUT2D eigenvalue weighted by molar-refractivity contribution is 0.484. The molecule has 0 aromatic heterocycles. The van der Waals surface area contributed by atoms with E-state index in [-0.39, 0.29) is 0 Å². The zero-order valence-electron chi connectivity index (χ0n) is 12.0. The van der Waals surface area contributed by atoms with E-state index in [9.17, 15) is 0 Å². The smallest absolute Gasteiger partial charge is 0.0403 e. The Bertz CT molecular complexity index is 550. The van der Waals surface area contributed by atoms with E-state index < -0.39 is 0 Å². The van der Waals surface area contributed by atoms with Crippen LogP contribution in [-0.4, -0.2) is 25.7 Å². The van der Waals surface area contributed by atoms with Gasteiger partial charge in [-0.25, -0.2) is 0 Å². The van der Waals surface area contributed by atoms with Crippen LogP contribution in [0.25, 0.3) is 0 Å². The van der Waals surface area contributed by atoms with E-state index in [0.29, 0.717) is 6.04 Å². The normalized spacial score (nSPS) is 19.1. The highest BCUT2D eigenvalue weighted by Crippen LogP contribution is 2.24. The molecular weight excluding hydrogens is 244 g/mol. The van der Waals surface area contributed by atoms with E-state index in [4.69, 9.17) is 0 Å². The molecule has 1 N–H and O–H groups in total. The molecule has 2 heteroatoms. The molecule has 20 heavy (non-hydrogen) atoms. The summed E-state index contributed by atoms with van der Waals surface area (Å²) in [7, 11) is 0. The molecule has 2 nitrogen and oxygen atoms in total. The highest BCUT2D eigenvalue weighted by Gasteiger charge is 2.17. The van der Waals surface area contributed by atoms with E-state index in [1.54, 1.807) is 0 Å². The van der Waals surface area contributed by atoms with Crippen LogP contribution in [0.15, 0.2) is 54.6 Å². The summed E-state index contributed by atoms with van der Waals surface area (Å²) in [6.45, 7) is 5.51. The van der Waals surface area contributed by atoms with E-state index in [2.05, 4.69) is 71.7 Å². The van der Waals surface area contributed by atoms with Crippen LogP contribution < -0.4 is 10.2 Å². The number of para-hydroxylation sites is 1. The average molecular weight is 266 g/mol. The van der Waals surface area contributed by atoms with Crippen molar-refractivity contribution in [3.8, 4) is 0 Å². The predicted octanol–water partition coefficient (Wildman–Crippen LogP) is 3.08. The first-order valence-corrected chi connectivity index (χ1v) is 7.43. The summed E-state index contributed by atoms with van der Waals surface area (Å²) in [6, 6.07) is 20.1. The molecule has 104 valence electrons. The Hall–Kier alpha value is -1.80. The molecule has 2 aromatic carbocycles. The van der Waals surface area contributed by atoms with Gasteiger partial charge in [0.25, 0.3) is 0 Å². The van der Waals surface area contributed by atoms with E-state index in [1.807, 2.05) is 0 Å². The molecule has 0 aliphatic carbocycles. The van der Waals surface area contributed by atoms with Crippen molar-refractivity contribution in [1.82, 2.24) is 5.32 Å². The van der Waals surface area contributed by atoms with Crippen molar-refractivity contribution in [1.29, 1.82) is 0 Å². The topological polar surface area (TPSA) is 15.3 Å². The number of hydrogen-bond acceptors (Lipinski definition) is 2. The lowest BCUT2D eigenvalue weighted by atomic mass is 10.0. The van der Waals surface area contributed by atoms with Crippen LogP contribution in [0.5, 0.6) is 0 Å². The first-order chi connectivity index (χ1) is 9.83. The summed E-state index contributed by atoms with van der Waals surface area (Å²) in [5, 5.41) is 3.51. The fraction of sp³-hybridized carbons (Fsp3) is 0.333. The maximum absolute atomic E-state index is 3.51. The van der Waals surface area contributed by atoms with Crippen molar-refractivity contribution in [2.45, 2.75) is 19.4 Å². The maximum Gasteiger partial charge on any atom is 0.0403 e. The van der Waals surface area contributed by atoms with Crippen molar-refractivity contribution in [3.63, 3.8) is 0 Å². The van der Waals surface area contributed by atoms with Crippen LogP contribution in [-0.2, 0) is 6.42 Å². The second-order valence-corrected chi connectivity index (χ2v) is 5.59. The van der Waals surface area contributed by atoms with Crippen molar-refractivity contribution < 1.29 is 0 Å². The second kappa shape index (κ2) is 6.10. The standard InChI is InChI=1S/C18H22N2/c1-15-14-20(12-11-19-15)18-10-6-5-9-17(18)13-16-7-3-2-4-8-16/h2-10,15,19H,11-14H2,1H3. The molecule has 0 saturated carbocycles. The first kappa shape index (κ1) is 13.2. The van der Waals surface area contributed by atoms with Gasteiger partial charge in [0.15, 0.2) is 0 Å². The van der Waals surface area contributed by atoms with E-state index in [1.165, 1.54) is 16.8 Å². The minimum atomic E-state index is 0.563. The molecule has 1 unspecified atom stereocenters. The minimum Gasteiger partial charge on any atom is -0.368 e. The van der Waals surface area contributed by atoms with Crippen LogP contribution in [0.1, 0.15) is 18.1 Å². The molecule has 1 saturated heterocycles. The number of piperazine rings is 1. The molecule has 1 fully saturated rings. The third-order valence-electron chi connectivity index (χ3n) is 3.94. The van der Waals surface area contributed by atoms with Gasteiger partial charge in [0.2, 0.25) is 0 Å². The zero-order valence-corrected chi connectivity index (χ0v) is 12.0. The summed E-state index contributed by atoms with van der Waals surface area (Å²) in [6.07, 6.45) is 1.01. The molecule has 1 heterocycles.